The monoisotopic (exact) mass is 322 g/mol. The third kappa shape index (κ3) is 3.84. The predicted molar refractivity (Wildman–Crippen MR) is 69.8 cm³/mol. The summed E-state index contributed by atoms with van der Waals surface area (Å²) in [6, 6.07) is 0. The van der Waals surface area contributed by atoms with Gasteiger partial charge in [0.15, 0.2) is 23.3 Å². The van der Waals surface area contributed by atoms with E-state index >= 15 is 0 Å². The second-order valence-corrected chi connectivity index (χ2v) is 4.56. The standard InChI is InChI=1S/C15H15F5O2/c1-3-5-7-8(6-4-2)22-15(21)9-10(16)12(18)14(20)13(19)11(9)17/h4,6,8H,3,5,7H2,1-2H3/b6-4+/t8-/m0/s1. The van der Waals surface area contributed by atoms with Gasteiger partial charge in [-0.05, 0) is 25.8 Å². The lowest BCUT2D eigenvalue weighted by molar-refractivity contribution is 0.0362. The van der Waals surface area contributed by atoms with E-state index < -0.39 is 46.7 Å². The van der Waals surface area contributed by atoms with E-state index in [1.54, 1.807) is 13.0 Å². The molecule has 0 spiro atoms. The van der Waals surface area contributed by atoms with Crippen LogP contribution < -0.4 is 0 Å². The number of carbonyl (C=O) groups is 1. The van der Waals surface area contributed by atoms with E-state index in [0.29, 0.717) is 12.8 Å². The molecule has 22 heavy (non-hydrogen) atoms. The first-order chi connectivity index (χ1) is 10.3. The Hall–Kier alpha value is -1.92. The average molecular weight is 322 g/mol. The number of rotatable bonds is 6. The maximum absolute atomic E-state index is 13.5. The molecule has 0 aliphatic rings. The van der Waals surface area contributed by atoms with Gasteiger partial charge in [0, 0.05) is 0 Å². The predicted octanol–water partition coefficient (Wildman–Crippen LogP) is 4.67. The molecular weight excluding hydrogens is 307 g/mol. The number of ether oxygens (including phenoxy) is 1. The van der Waals surface area contributed by atoms with Crippen molar-refractivity contribution in [2.24, 2.45) is 0 Å². The van der Waals surface area contributed by atoms with E-state index in [1.807, 2.05) is 6.92 Å². The van der Waals surface area contributed by atoms with Crippen LogP contribution in [0.1, 0.15) is 43.5 Å². The van der Waals surface area contributed by atoms with Crippen LogP contribution in [0.2, 0.25) is 0 Å². The summed E-state index contributed by atoms with van der Waals surface area (Å²) >= 11 is 0. The highest BCUT2D eigenvalue weighted by Gasteiger charge is 2.31. The molecule has 7 heteroatoms. The van der Waals surface area contributed by atoms with E-state index in [9.17, 15) is 26.7 Å². The normalized spacial score (nSPS) is 12.7. The van der Waals surface area contributed by atoms with Crippen molar-refractivity contribution < 1.29 is 31.5 Å². The molecule has 0 saturated heterocycles. The number of esters is 1. The zero-order valence-corrected chi connectivity index (χ0v) is 12.1. The molecule has 0 fully saturated rings. The van der Waals surface area contributed by atoms with Crippen LogP contribution in [0.15, 0.2) is 12.2 Å². The molecule has 0 aromatic heterocycles. The third-order valence-corrected chi connectivity index (χ3v) is 2.92. The summed E-state index contributed by atoms with van der Waals surface area (Å²) in [4.78, 5) is 11.8. The van der Waals surface area contributed by atoms with Crippen LogP contribution in [-0.4, -0.2) is 12.1 Å². The Labute approximate surface area is 124 Å². The second kappa shape index (κ2) is 7.91. The van der Waals surface area contributed by atoms with Crippen molar-refractivity contribution in [1.82, 2.24) is 0 Å². The Kier molecular flexibility index (Phi) is 6.52. The molecule has 0 aliphatic carbocycles. The zero-order chi connectivity index (χ0) is 16.9. The minimum Gasteiger partial charge on any atom is -0.454 e. The fourth-order valence-electron chi connectivity index (χ4n) is 1.79. The van der Waals surface area contributed by atoms with Crippen LogP contribution in [0.4, 0.5) is 22.0 Å². The Morgan fingerprint density at radius 3 is 2.00 bits per heavy atom. The highest BCUT2D eigenvalue weighted by Crippen LogP contribution is 2.24. The summed E-state index contributed by atoms with van der Waals surface area (Å²) in [7, 11) is 0. The van der Waals surface area contributed by atoms with Crippen LogP contribution in [0, 0.1) is 29.1 Å². The minimum absolute atomic E-state index is 0.377. The fourth-order valence-corrected chi connectivity index (χ4v) is 1.79. The molecule has 122 valence electrons. The van der Waals surface area contributed by atoms with E-state index in [-0.39, 0.29) is 0 Å². The molecule has 1 aromatic carbocycles. The molecule has 0 radical (unpaired) electrons. The van der Waals surface area contributed by atoms with Crippen molar-refractivity contribution >= 4 is 5.97 Å². The lowest BCUT2D eigenvalue weighted by Gasteiger charge is -2.15. The van der Waals surface area contributed by atoms with E-state index in [2.05, 4.69) is 0 Å². The van der Waals surface area contributed by atoms with E-state index in [0.717, 1.165) is 6.42 Å². The Morgan fingerprint density at radius 1 is 1.05 bits per heavy atom. The lowest BCUT2D eigenvalue weighted by atomic mass is 10.1. The lowest BCUT2D eigenvalue weighted by Crippen LogP contribution is -2.20. The first kappa shape index (κ1) is 18.1. The van der Waals surface area contributed by atoms with Gasteiger partial charge in [-0.15, -0.1) is 0 Å². The number of allylic oxidation sites excluding steroid dienone is 1. The van der Waals surface area contributed by atoms with E-state index in [1.165, 1.54) is 6.08 Å². The summed E-state index contributed by atoms with van der Waals surface area (Å²) in [5, 5.41) is 0. The number of carbonyl (C=O) groups excluding carboxylic acids is 1. The van der Waals surface area contributed by atoms with Crippen molar-refractivity contribution in [3.05, 3.63) is 46.8 Å². The second-order valence-electron chi connectivity index (χ2n) is 4.56. The molecule has 0 unspecified atom stereocenters. The molecule has 0 heterocycles. The molecule has 1 rings (SSSR count). The molecule has 0 bridgehead atoms. The van der Waals surface area contributed by atoms with E-state index in [4.69, 9.17) is 4.74 Å². The molecule has 0 amide bonds. The fraction of sp³-hybridized carbons (Fsp3) is 0.400. The molecule has 0 aliphatic heterocycles. The minimum atomic E-state index is -2.32. The van der Waals surface area contributed by atoms with Gasteiger partial charge in [0.2, 0.25) is 5.82 Å². The van der Waals surface area contributed by atoms with Gasteiger partial charge in [-0.2, -0.15) is 0 Å². The summed E-state index contributed by atoms with van der Waals surface area (Å²) in [6.07, 6.45) is 4.06. The molecular formula is C15H15F5O2. The smallest absolute Gasteiger partial charge is 0.344 e. The third-order valence-electron chi connectivity index (χ3n) is 2.92. The molecule has 2 nitrogen and oxygen atoms in total. The maximum atomic E-state index is 13.5. The summed E-state index contributed by atoms with van der Waals surface area (Å²) in [5.74, 6) is -12.7. The summed E-state index contributed by atoms with van der Waals surface area (Å²) < 4.78 is 70.9. The number of benzene rings is 1. The van der Waals surface area contributed by atoms with Crippen molar-refractivity contribution in [3.63, 3.8) is 0 Å². The zero-order valence-electron chi connectivity index (χ0n) is 12.1. The summed E-state index contributed by atoms with van der Waals surface area (Å²) in [5.41, 5.74) is -1.58. The van der Waals surface area contributed by atoms with Crippen LogP contribution in [0.3, 0.4) is 0 Å². The molecule has 0 N–H and O–H groups in total. The van der Waals surface area contributed by atoms with Gasteiger partial charge >= 0.3 is 5.97 Å². The first-order valence-corrected chi connectivity index (χ1v) is 6.70. The Morgan fingerprint density at radius 2 is 1.55 bits per heavy atom. The topological polar surface area (TPSA) is 26.3 Å². The summed E-state index contributed by atoms with van der Waals surface area (Å²) in [6.45, 7) is 3.53. The van der Waals surface area contributed by atoms with Crippen molar-refractivity contribution in [1.29, 1.82) is 0 Å². The van der Waals surface area contributed by atoms with Crippen molar-refractivity contribution in [2.45, 2.75) is 39.2 Å². The van der Waals surface area contributed by atoms with Crippen LogP contribution >= 0.6 is 0 Å². The van der Waals surface area contributed by atoms with Gasteiger partial charge in [0.25, 0.3) is 0 Å². The molecule has 0 saturated carbocycles. The quantitative estimate of drug-likeness (QED) is 0.250. The number of halogens is 5. The Bertz CT molecular complexity index is 555. The van der Waals surface area contributed by atoms with Gasteiger partial charge in [0.05, 0.1) is 0 Å². The first-order valence-electron chi connectivity index (χ1n) is 6.70. The van der Waals surface area contributed by atoms with Gasteiger partial charge in [0.1, 0.15) is 11.7 Å². The number of unbranched alkanes of at least 4 members (excludes halogenated alkanes) is 1. The van der Waals surface area contributed by atoms with Crippen LogP contribution in [-0.2, 0) is 4.74 Å². The average Bonchev–Trinajstić information content (AvgIpc) is 2.49. The number of hydrogen-bond donors (Lipinski definition) is 0. The SMILES string of the molecule is C/C=C/[C@@H](CCCC)OC(=O)c1c(F)c(F)c(F)c(F)c1F. The van der Waals surface area contributed by atoms with Gasteiger partial charge < -0.3 is 4.74 Å². The van der Waals surface area contributed by atoms with Crippen molar-refractivity contribution in [2.75, 3.05) is 0 Å². The van der Waals surface area contributed by atoms with Crippen LogP contribution in [0.5, 0.6) is 0 Å². The largest absolute Gasteiger partial charge is 0.454 e. The Balaban J connectivity index is 3.12. The molecule has 1 atom stereocenters. The van der Waals surface area contributed by atoms with Gasteiger partial charge in [-0.25, -0.2) is 26.7 Å². The van der Waals surface area contributed by atoms with Gasteiger partial charge in [-0.3, -0.25) is 0 Å². The molecule has 1 aromatic rings. The maximum Gasteiger partial charge on any atom is 0.344 e. The van der Waals surface area contributed by atoms with Crippen LogP contribution in [0.25, 0.3) is 0 Å². The van der Waals surface area contributed by atoms with Gasteiger partial charge in [-0.1, -0.05) is 19.4 Å². The highest BCUT2D eigenvalue weighted by molar-refractivity contribution is 5.90. The highest BCUT2D eigenvalue weighted by atomic mass is 19.2. The number of hydrogen-bond acceptors (Lipinski definition) is 2. The van der Waals surface area contributed by atoms with Crippen molar-refractivity contribution in [3.8, 4) is 0 Å².